The van der Waals surface area contributed by atoms with Gasteiger partial charge in [0.15, 0.2) is 11.5 Å². The van der Waals surface area contributed by atoms with E-state index in [0.29, 0.717) is 35.7 Å². The summed E-state index contributed by atoms with van der Waals surface area (Å²) in [6.45, 7) is 3.54. The number of benzene rings is 2. The fraction of sp³-hybridized carbons (Fsp3) is 0.364. The molecule has 7 heteroatoms. The summed E-state index contributed by atoms with van der Waals surface area (Å²) >= 11 is 0. The van der Waals surface area contributed by atoms with E-state index in [0.717, 1.165) is 25.2 Å². The van der Waals surface area contributed by atoms with E-state index < -0.39 is 0 Å². The first-order chi connectivity index (χ1) is 14.0. The Morgan fingerprint density at radius 1 is 0.862 bits per heavy atom. The zero-order chi connectivity index (χ0) is 20.8. The monoisotopic (exact) mass is 398 g/mol. The third-order valence-corrected chi connectivity index (χ3v) is 5.04. The fourth-order valence-electron chi connectivity index (χ4n) is 3.43. The minimum absolute atomic E-state index is 0.0155. The van der Waals surface area contributed by atoms with Crippen molar-refractivity contribution in [3.05, 3.63) is 59.2 Å². The molecule has 0 N–H and O–H groups in total. The van der Waals surface area contributed by atoms with E-state index in [-0.39, 0.29) is 11.9 Å². The maximum Gasteiger partial charge on any atom is 0.337 e. The van der Waals surface area contributed by atoms with Gasteiger partial charge in [0.2, 0.25) is 0 Å². The van der Waals surface area contributed by atoms with E-state index in [1.54, 1.807) is 38.5 Å². The minimum atomic E-state index is -0.336. The van der Waals surface area contributed by atoms with E-state index in [1.807, 2.05) is 23.1 Å². The molecule has 154 valence electrons. The van der Waals surface area contributed by atoms with Crippen LogP contribution in [0.5, 0.6) is 11.5 Å². The van der Waals surface area contributed by atoms with Gasteiger partial charge in [-0.15, -0.1) is 0 Å². The molecule has 0 radical (unpaired) electrons. The SMILES string of the molecule is COC(=O)c1cccc(CN2CCN(C(=O)c3ccc(OC)c(OC)c3)CC2)c1. The molecule has 0 spiro atoms. The van der Waals surface area contributed by atoms with Crippen LogP contribution in [-0.2, 0) is 11.3 Å². The largest absolute Gasteiger partial charge is 0.493 e. The molecule has 0 saturated carbocycles. The molecule has 0 aromatic heterocycles. The molecule has 7 nitrogen and oxygen atoms in total. The van der Waals surface area contributed by atoms with Crippen molar-refractivity contribution in [2.45, 2.75) is 6.54 Å². The number of rotatable bonds is 6. The van der Waals surface area contributed by atoms with Crippen LogP contribution < -0.4 is 9.47 Å². The van der Waals surface area contributed by atoms with Crippen molar-refractivity contribution in [1.82, 2.24) is 9.80 Å². The lowest BCUT2D eigenvalue weighted by molar-refractivity contribution is 0.0595. The lowest BCUT2D eigenvalue weighted by Crippen LogP contribution is -2.48. The Balaban J connectivity index is 1.59. The Morgan fingerprint density at radius 3 is 2.24 bits per heavy atom. The first kappa shape index (κ1) is 20.7. The van der Waals surface area contributed by atoms with Gasteiger partial charge in [0.25, 0.3) is 5.91 Å². The second-order valence-corrected chi connectivity index (χ2v) is 6.83. The summed E-state index contributed by atoms with van der Waals surface area (Å²) in [5, 5.41) is 0. The van der Waals surface area contributed by atoms with Gasteiger partial charge >= 0.3 is 5.97 Å². The topological polar surface area (TPSA) is 68.3 Å². The third kappa shape index (κ3) is 4.86. The van der Waals surface area contributed by atoms with Gasteiger partial charge in [0.1, 0.15) is 0 Å². The summed E-state index contributed by atoms with van der Waals surface area (Å²) < 4.78 is 15.3. The summed E-state index contributed by atoms with van der Waals surface area (Å²) in [6.07, 6.45) is 0. The first-order valence-corrected chi connectivity index (χ1v) is 9.46. The zero-order valence-electron chi connectivity index (χ0n) is 17.0. The molecule has 0 bridgehead atoms. The van der Waals surface area contributed by atoms with Crippen LogP contribution in [-0.4, -0.2) is 69.2 Å². The molecule has 0 unspecified atom stereocenters. The maximum absolute atomic E-state index is 12.8. The van der Waals surface area contributed by atoms with Crippen LogP contribution in [0.3, 0.4) is 0 Å². The average molecular weight is 398 g/mol. The fourth-order valence-corrected chi connectivity index (χ4v) is 3.43. The number of piperazine rings is 1. The van der Waals surface area contributed by atoms with Gasteiger partial charge in [0, 0.05) is 38.3 Å². The van der Waals surface area contributed by atoms with E-state index in [2.05, 4.69) is 4.90 Å². The molecule has 3 rings (SSSR count). The van der Waals surface area contributed by atoms with Gasteiger partial charge in [-0.05, 0) is 35.9 Å². The molecule has 2 aromatic rings. The predicted molar refractivity (Wildman–Crippen MR) is 109 cm³/mol. The molecule has 1 fully saturated rings. The number of amides is 1. The van der Waals surface area contributed by atoms with E-state index >= 15 is 0 Å². The van der Waals surface area contributed by atoms with Crippen LogP contribution >= 0.6 is 0 Å². The predicted octanol–water partition coefficient (Wildman–Crippen LogP) is 2.45. The van der Waals surface area contributed by atoms with Gasteiger partial charge in [0.05, 0.1) is 26.9 Å². The molecule has 1 aliphatic heterocycles. The van der Waals surface area contributed by atoms with Crippen LogP contribution in [0.1, 0.15) is 26.3 Å². The highest BCUT2D eigenvalue weighted by atomic mass is 16.5. The van der Waals surface area contributed by atoms with Crippen molar-refractivity contribution in [2.24, 2.45) is 0 Å². The summed E-state index contributed by atoms with van der Waals surface area (Å²) in [5.41, 5.74) is 2.18. The van der Waals surface area contributed by atoms with Crippen LogP contribution in [0, 0.1) is 0 Å². The number of methoxy groups -OCH3 is 3. The number of hydrogen-bond donors (Lipinski definition) is 0. The maximum atomic E-state index is 12.8. The lowest BCUT2D eigenvalue weighted by Gasteiger charge is -2.35. The Bertz CT molecular complexity index is 875. The molecular formula is C22H26N2O5. The van der Waals surface area contributed by atoms with Gasteiger partial charge in [-0.3, -0.25) is 9.69 Å². The van der Waals surface area contributed by atoms with Gasteiger partial charge in [-0.1, -0.05) is 12.1 Å². The summed E-state index contributed by atoms with van der Waals surface area (Å²) in [6, 6.07) is 12.7. The molecule has 1 amide bonds. The molecule has 29 heavy (non-hydrogen) atoms. The zero-order valence-corrected chi connectivity index (χ0v) is 17.0. The van der Waals surface area contributed by atoms with Crippen molar-refractivity contribution in [1.29, 1.82) is 0 Å². The van der Waals surface area contributed by atoms with Crippen LogP contribution in [0.15, 0.2) is 42.5 Å². The van der Waals surface area contributed by atoms with Crippen molar-refractivity contribution >= 4 is 11.9 Å². The number of esters is 1. The number of carbonyl (C=O) groups excluding carboxylic acids is 2. The van der Waals surface area contributed by atoms with E-state index in [1.165, 1.54) is 7.11 Å². The van der Waals surface area contributed by atoms with Crippen molar-refractivity contribution in [2.75, 3.05) is 47.5 Å². The molecule has 2 aromatic carbocycles. The van der Waals surface area contributed by atoms with Gasteiger partial charge in [-0.25, -0.2) is 4.79 Å². The minimum Gasteiger partial charge on any atom is -0.493 e. The van der Waals surface area contributed by atoms with Crippen molar-refractivity contribution < 1.29 is 23.8 Å². The molecule has 1 saturated heterocycles. The van der Waals surface area contributed by atoms with Crippen LogP contribution in [0.25, 0.3) is 0 Å². The number of carbonyl (C=O) groups is 2. The highest BCUT2D eigenvalue weighted by Gasteiger charge is 2.23. The summed E-state index contributed by atoms with van der Waals surface area (Å²) in [4.78, 5) is 28.7. The smallest absolute Gasteiger partial charge is 0.337 e. The quantitative estimate of drug-likeness (QED) is 0.697. The molecule has 0 aliphatic carbocycles. The van der Waals surface area contributed by atoms with E-state index in [4.69, 9.17) is 14.2 Å². The highest BCUT2D eigenvalue weighted by molar-refractivity contribution is 5.95. The lowest BCUT2D eigenvalue weighted by atomic mass is 10.1. The van der Waals surface area contributed by atoms with Crippen molar-refractivity contribution in [3.63, 3.8) is 0 Å². The standard InChI is InChI=1S/C22H26N2O5/c1-27-19-8-7-17(14-20(19)28-2)21(25)24-11-9-23(10-12-24)15-16-5-4-6-18(13-16)22(26)29-3/h4-8,13-14H,9-12,15H2,1-3H3. The summed E-state index contributed by atoms with van der Waals surface area (Å²) in [7, 11) is 4.50. The van der Waals surface area contributed by atoms with Gasteiger partial charge < -0.3 is 19.1 Å². The number of ether oxygens (including phenoxy) is 3. The average Bonchev–Trinajstić information content (AvgIpc) is 2.78. The van der Waals surface area contributed by atoms with Crippen LogP contribution in [0.2, 0.25) is 0 Å². The molecule has 0 atom stereocenters. The Morgan fingerprint density at radius 2 is 1.59 bits per heavy atom. The Hall–Kier alpha value is -3.06. The van der Waals surface area contributed by atoms with Crippen molar-refractivity contribution in [3.8, 4) is 11.5 Å². The number of nitrogens with zero attached hydrogens (tertiary/aromatic N) is 2. The number of hydrogen-bond acceptors (Lipinski definition) is 6. The molecule has 1 heterocycles. The second-order valence-electron chi connectivity index (χ2n) is 6.83. The van der Waals surface area contributed by atoms with Crippen LogP contribution in [0.4, 0.5) is 0 Å². The first-order valence-electron chi connectivity index (χ1n) is 9.46. The highest BCUT2D eigenvalue weighted by Crippen LogP contribution is 2.28. The third-order valence-electron chi connectivity index (χ3n) is 5.04. The normalized spacial score (nSPS) is 14.4. The Kier molecular flexibility index (Phi) is 6.72. The summed E-state index contributed by atoms with van der Waals surface area (Å²) in [5.74, 6) is 0.793. The van der Waals surface area contributed by atoms with E-state index in [9.17, 15) is 9.59 Å². The molecule has 1 aliphatic rings. The van der Waals surface area contributed by atoms with Gasteiger partial charge in [-0.2, -0.15) is 0 Å². The molecular weight excluding hydrogens is 372 g/mol. The second kappa shape index (κ2) is 9.43. The Labute approximate surface area is 170 Å².